The third-order valence-electron chi connectivity index (χ3n) is 3.02. The second-order valence-corrected chi connectivity index (χ2v) is 5.00. The summed E-state index contributed by atoms with van der Waals surface area (Å²) in [5.41, 5.74) is 6.92. The van der Waals surface area contributed by atoms with Gasteiger partial charge in [0.1, 0.15) is 5.75 Å². The monoisotopic (exact) mass is 327 g/mol. The Morgan fingerprint density at radius 1 is 1.04 bits per heavy atom. The van der Waals surface area contributed by atoms with Gasteiger partial charge in [-0.1, -0.05) is 6.07 Å². The van der Waals surface area contributed by atoms with Gasteiger partial charge in [-0.25, -0.2) is 9.69 Å². The molecule has 2 rings (SSSR count). The van der Waals surface area contributed by atoms with Crippen LogP contribution >= 0.6 is 0 Å². The van der Waals surface area contributed by atoms with E-state index in [1.165, 1.54) is 19.9 Å². The summed E-state index contributed by atoms with van der Waals surface area (Å²) in [6, 6.07) is 12.0. The number of ether oxygens (including phenoxy) is 1. The fraction of sp³-hybridized carbons (Fsp3) is 0.118. The molecule has 24 heavy (non-hydrogen) atoms. The summed E-state index contributed by atoms with van der Waals surface area (Å²) in [7, 11) is 0. The Bertz CT molecular complexity index is 772. The summed E-state index contributed by atoms with van der Waals surface area (Å²) in [5.74, 6) is -0.624. The van der Waals surface area contributed by atoms with Gasteiger partial charge in [0.05, 0.1) is 5.69 Å². The molecule has 124 valence electrons. The molecule has 0 radical (unpaired) electrons. The van der Waals surface area contributed by atoms with Crippen molar-refractivity contribution in [2.75, 3.05) is 16.0 Å². The highest BCUT2D eigenvalue weighted by atomic mass is 16.5. The van der Waals surface area contributed by atoms with Gasteiger partial charge in [-0.2, -0.15) is 0 Å². The van der Waals surface area contributed by atoms with E-state index in [2.05, 4.69) is 5.32 Å². The van der Waals surface area contributed by atoms with Crippen molar-refractivity contribution in [3.63, 3.8) is 0 Å². The Kier molecular flexibility index (Phi) is 5.16. The Balaban J connectivity index is 2.21. The minimum atomic E-state index is -0.632. The van der Waals surface area contributed by atoms with Crippen LogP contribution in [0.15, 0.2) is 48.5 Å². The van der Waals surface area contributed by atoms with Crippen LogP contribution in [-0.4, -0.2) is 17.9 Å². The SMILES string of the molecule is CC(=O)Oc1cccc(NC(=O)N(C(C)=O)c2ccc(N)cc2)c1. The third kappa shape index (κ3) is 4.33. The van der Waals surface area contributed by atoms with Crippen molar-refractivity contribution in [2.24, 2.45) is 0 Å². The van der Waals surface area contributed by atoms with Gasteiger partial charge < -0.3 is 15.8 Å². The number of nitrogens with zero attached hydrogens (tertiary/aromatic N) is 1. The maximum atomic E-state index is 12.4. The van der Waals surface area contributed by atoms with Crippen LogP contribution in [0, 0.1) is 0 Å². The lowest BCUT2D eigenvalue weighted by molar-refractivity contribution is -0.131. The molecule has 0 aliphatic rings. The van der Waals surface area contributed by atoms with Crippen LogP contribution in [0.2, 0.25) is 0 Å². The van der Waals surface area contributed by atoms with Crippen molar-refractivity contribution in [3.05, 3.63) is 48.5 Å². The molecular formula is C17H17N3O4. The number of carbonyl (C=O) groups is 3. The smallest absolute Gasteiger partial charge is 0.333 e. The van der Waals surface area contributed by atoms with E-state index < -0.39 is 17.9 Å². The topological polar surface area (TPSA) is 102 Å². The van der Waals surface area contributed by atoms with Crippen LogP contribution in [0.3, 0.4) is 0 Å². The van der Waals surface area contributed by atoms with E-state index in [4.69, 9.17) is 10.5 Å². The van der Waals surface area contributed by atoms with Gasteiger partial charge in [0.2, 0.25) is 5.91 Å². The number of esters is 1. The van der Waals surface area contributed by atoms with Crippen molar-refractivity contribution >= 4 is 35.0 Å². The maximum absolute atomic E-state index is 12.4. The third-order valence-corrected chi connectivity index (χ3v) is 3.02. The fourth-order valence-corrected chi connectivity index (χ4v) is 2.05. The molecule has 7 heteroatoms. The Morgan fingerprint density at radius 3 is 2.29 bits per heavy atom. The molecule has 0 atom stereocenters. The summed E-state index contributed by atoms with van der Waals surface area (Å²) in [6.45, 7) is 2.56. The molecule has 3 N–H and O–H groups in total. The number of rotatable bonds is 3. The first kappa shape index (κ1) is 17.0. The van der Waals surface area contributed by atoms with Crippen LogP contribution in [0.5, 0.6) is 5.75 Å². The quantitative estimate of drug-likeness (QED) is 0.513. The van der Waals surface area contributed by atoms with Crippen LogP contribution in [0.25, 0.3) is 0 Å². The lowest BCUT2D eigenvalue weighted by Gasteiger charge is -2.20. The zero-order chi connectivity index (χ0) is 17.7. The second kappa shape index (κ2) is 7.28. The number of nitrogen functional groups attached to an aromatic ring is 1. The van der Waals surface area contributed by atoms with Crippen LogP contribution in [0.1, 0.15) is 13.8 Å². The highest BCUT2D eigenvalue weighted by Crippen LogP contribution is 2.21. The summed E-state index contributed by atoms with van der Waals surface area (Å²) in [4.78, 5) is 36.2. The van der Waals surface area contributed by atoms with E-state index in [0.29, 0.717) is 22.8 Å². The Labute approximate surface area is 139 Å². The van der Waals surface area contributed by atoms with Gasteiger partial charge >= 0.3 is 12.0 Å². The zero-order valence-corrected chi connectivity index (χ0v) is 13.3. The molecule has 0 spiro atoms. The number of hydrogen-bond acceptors (Lipinski definition) is 5. The van der Waals surface area contributed by atoms with Gasteiger partial charge in [-0.3, -0.25) is 9.59 Å². The summed E-state index contributed by atoms with van der Waals surface area (Å²) in [6.07, 6.45) is 0. The zero-order valence-electron chi connectivity index (χ0n) is 13.3. The second-order valence-electron chi connectivity index (χ2n) is 5.00. The molecule has 0 aromatic heterocycles. The molecule has 0 heterocycles. The average molecular weight is 327 g/mol. The number of carbonyl (C=O) groups excluding carboxylic acids is 3. The standard InChI is InChI=1S/C17H17N3O4/c1-11(21)20(15-8-6-13(18)7-9-15)17(23)19-14-4-3-5-16(10-14)24-12(2)22/h3-10H,18H2,1-2H3,(H,19,23). The lowest BCUT2D eigenvalue weighted by atomic mass is 10.2. The first-order valence-corrected chi connectivity index (χ1v) is 7.12. The van der Waals surface area contributed by atoms with Gasteiger partial charge in [0.15, 0.2) is 0 Å². The number of anilines is 3. The molecule has 0 aliphatic carbocycles. The van der Waals surface area contributed by atoms with E-state index >= 15 is 0 Å². The number of benzene rings is 2. The van der Waals surface area contributed by atoms with Crippen molar-refractivity contribution in [2.45, 2.75) is 13.8 Å². The number of amides is 3. The van der Waals surface area contributed by atoms with Crippen LogP contribution < -0.4 is 20.7 Å². The Morgan fingerprint density at radius 2 is 1.71 bits per heavy atom. The highest BCUT2D eigenvalue weighted by Gasteiger charge is 2.20. The van der Waals surface area contributed by atoms with Gasteiger partial charge in [0.25, 0.3) is 0 Å². The molecule has 0 saturated heterocycles. The van der Waals surface area contributed by atoms with E-state index in [-0.39, 0.29) is 0 Å². The summed E-state index contributed by atoms with van der Waals surface area (Å²) in [5, 5.41) is 2.59. The van der Waals surface area contributed by atoms with Gasteiger partial charge in [0, 0.05) is 31.3 Å². The predicted molar refractivity (Wildman–Crippen MR) is 90.8 cm³/mol. The first-order chi connectivity index (χ1) is 11.4. The molecule has 0 unspecified atom stereocenters. The maximum Gasteiger partial charge on any atom is 0.333 e. The number of urea groups is 1. The minimum Gasteiger partial charge on any atom is -0.427 e. The molecule has 2 aromatic rings. The normalized spacial score (nSPS) is 9.92. The van der Waals surface area contributed by atoms with E-state index in [1.54, 1.807) is 42.5 Å². The largest absolute Gasteiger partial charge is 0.427 e. The van der Waals surface area contributed by atoms with E-state index in [1.807, 2.05) is 0 Å². The summed E-state index contributed by atoms with van der Waals surface area (Å²) >= 11 is 0. The molecule has 3 amide bonds. The van der Waals surface area contributed by atoms with E-state index in [9.17, 15) is 14.4 Å². The molecule has 0 bridgehead atoms. The number of nitrogens with one attached hydrogen (secondary N) is 1. The van der Waals surface area contributed by atoms with Crippen molar-refractivity contribution in [1.29, 1.82) is 0 Å². The summed E-state index contributed by atoms with van der Waals surface area (Å²) < 4.78 is 4.96. The molecular weight excluding hydrogens is 310 g/mol. The minimum absolute atomic E-state index is 0.294. The van der Waals surface area contributed by atoms with Gasteiger partial charge in [-0.05, 0) is 36.4 Å². The average Bonchev–Trinajstić information content (AvgIpc) is 2.48. The predicted octanol–water partition coefficient (Wildman–Crippen LogP) is 2.78. The molecule has 0 saturated carbocycles. The van der Waals surface area contributed by atoms with Crippen LogP contribution in [0.4, 0.5) is 21.9 Å². The fourth-order valence-electron chi connectivity index (χ4n) is 2.05. The molecule has 2 aromatic carbocycles. The number of hydrogen-bond donors (Lipinski definition) is 2. The number of nitrogens with two attached hydrogens (primary N) is 1. The first-order valence-electron chi connectivity index (χ1n) is 7.12. The van der Waals surface area contributed by atoms with Gasteiger partial charge in [-0.15, -0.1) is 0 Å². The highest BCUT2D eigenvalue weighted by molar-refractivity contribution is 6.17. The lowest BCUT2D eigenvalue weighted by Crippen LogP contribution is -2.38. The van der Waals surface area contributed by atoms with E-state index in [0.717, 1.165) is 4.90 Å². The van der Waals surface area contributed by atoms with Crippen molar-refractivity contribution < 1.29 is 19.1 Å². The molecule has 7 nitrogen and oxygen atoms in total. The molecule has 0 fully saturated rings. The number of imide groups is 1. The Hall–Kier alpha value is -3.35. The molecule has 0 aliphatic heterocycles. The van der Waals surface area contributed by atoms with Crippen molar-refractivity contribution in [1.82, 2.24) is 0 Å². The van der Waals surface area contributed by atoms with Crippen molar-refractivity contribution in [3.8, 4) is 5.75 Å². The van der Waals surface area contributed by atoms with Crippen LogP contribution in [-0.2, 0) is 9.59 Å².